The molecule has 0 saturated carbocycles. The van der Waals surface area contributed by atoms with Crippen LogP contribution in [0.15, 0.2) is 6.07 Å². The SMILES string of the molecule is CCCCCc1cc(CO)sc1CCCCC. The molecule has 0 bridgehead atoms. The maximum atomic E-state index is 9.23. The highest BCUT2D eigenvalue weighted by atomic mass is 32.1. The Morgan fingerprint density at radius 1 is 1.00 bits per heavy atom. The molecule has 0 unspecified atom stereocenters. The van der Waals surface area contributed by atoms with Crippen LogP contribution in [0.1, 0.15) is 67.7 Å². The molecular weight excluding hydrogens is 228 g/mol. The molecule has 0 saturated heterocycles. The van der Waals surface area contributed by atoms with Crippen LogP contribution in [0, 0.1) is 0 Å². The van der Waals surface area contributed by atoms with Gasteiger partial charge in [-0.2, -0.15) is 0 Å². The number of aliphatic hydroxyl groups is 1. The van der Waals surface area contributed by atoms with E-state index < -0.39 is 0 Å². The molecular formula is C15H26OS. The minimum atomic E-state index is 0.208. The van der Waals surface area contributed by atoms with E-state index in [4.69, 9.17) is 0 Å². The molecule has 0 aliphatic rings. The van der Waals surface area contributed by atoms with Gasteiger partial charge in [0, 0.05) is 9.75 Å². The summed E-state index contributed by atoms with van der Waals surface area (Å²) >= 11 is 1.82. The molecule has 1 nitrogen and oxygen atoms in total. The Labute approximate surface area is 110 Å². The van der Waals surface area contributed by atoms with E-state index in [0.29, 0.717) is 0 Å². The summed E-state index contributed by atoms with van der Waals surface area (Å²) in [6, 6.07) is 2.22. The quantitative estimate of drug-likeness (QED) is 0.633. The predicted molar refractivity (Wildman–Crippen MR) is 76.7 cm³/mol. The molecule has 0 spiro atoms. The lowest BCUT2D eigenvalue weighted by molar-refractivity contribution is 0.285. The fraction of sp³-hybridized carbons (Fsp3) is 0.733. The van der Waals surface area contributed by atoms with E-state index in [-0.39, 0.29) is 6.61 Å². The van der Waals surface area contributed by atoms with Crippen LogP contribution < -0.4 is 0 Å². The molecule has 0 aliphatic heterocycles. The van der Waals surface area contributed by atoms with Crippen molar-refractivity contribution in [3.05, 3.63) is 21.4 Å². The van der Waals surface area contributed by atoms with Crippen LogP contribution in [0.2, 0.25) is 0 Å². The summed E-state index contributed by atoms with van der Waals surface area (Å²) in [6.45, 7) is 4.70. The summed E-state index contributed by atoms with van der Waals surface area (Å²) < 4.78 is 0. The van der Waals surface area contributed by atoms with Crippen molar-refractivity contribution in [1.29, 1.82) is 0 Å². The first-order valence-corrected chi connectivity index (χ1v) is 7.84. The van der Waals surface area contributed by atoms with Gasteiger partial charge in [-0.05, 0) is 37.3 Å². The molecule has 0 aliphatic carbocycles. The van der Waals surface area contributed by atoms with E-state index in [2.05, 4.69) is 19.9 Å². The van der Waals surface area contributed by atoms with E-state index >= 15 is 0 Å². The maximum Gasteiger partial charge on any atom is 0.0774 e. The van der Waals surface area contributed by atoms with Gasteiger partial charge in [-0.1, -0.05) is 39.5 Å². The molecule has 1 rings (SSSR count). The average Bonchev–Trinajstić information content (AvgIpc) is 2.73. The molecule has 0 fully saturated rings. The topological polar surface area (TPSA) is 20.2 Å². The highest BCUT2D eigenvalue weighted by Crippen LogP contribution is 2.26. The van der Waals surface area contributed by atoms with Gasteiger partial charge in [-0.3, -0.25) is 0 Å². The van der Waals surface area contributed by atoms with Crippen LogP contribution >= 0.6 is 11.3 Å². The standard InChI is InChI=1S/C15H26OS/c1-3-5-7-9-13-11-14(12-16)17-15(13)10-8-6-4-2/h11,16H,3-10,12H2,1-2H3. The van der Waals surface area contributed by atoms with Gasteiger partial charge in [0.05, 0.1) is 6.61 Å². The zero-order chi connectivity index (χ0) is 12.5. The minimum absolute atomic E-state index is 0.208. The van der Waals surface area contributed by atoms with Gasteiger partial charge in [-0.25, -0.2) is 0 Å². The highest BCUT2D eigenvalue weighted by Gasteiger charge is 2.08. The van der Waals surface area contributed by atoms with E-state index in [9.17, 15) is 5.11 Å². The van der Waals surface area contributed by atoms with Crippen LogP contribution in [0.5, 0.6) is 0 Å². The Balaban J connectivity index is 2.54. The Hall–Kier alpha value is -0.340. The van der Waals surface area contributed by atoms with Crippen molar-refractivity contribution in [2.24, 2.45) is 0 Å². The van der Waals surface area contributed by atoms with Crippen molar-refractivity contribution in [1.82, 2.24) is 0 Å². The molecule has 98 valence electrons. The zero-order valence-electron chi connectivity index (χ0n) is 11.3. The summed E-state index contributed by atoms with van der Waals surface area (Å²) in [4.78, 5) is 2.67. The maximum absolute atomic E-state index is 9.23. The monoisotopic (exact) mass is 254 g/mol. The van der Waals surface area contributed by atoms with Crippen molar-refractivity contribution in [2.45, 2.75) is 71.8 Å². The number of hydrogen-bond acceptors (Lipinski definition) is 2. The van der Waals surface area contributed by atoms with Crippen molar-refractivity contribution in [3.8, 4) is 0 Å². The smallest absolute Gasteiger partial charge is 0.0774 e. The van der Waals surface area contributed by atoms with Crippen molar-refractivity contribution in [3.63, 3.8) is 0 Å². The van der Waals surface area contributed by atoms with Gasteiger partial charge in [0.2, 0.25) is 0 Å². The Bertz CT molecular complexity index is 276. The minimum Gasteiger partial charge on any atom is -0.391 e. The fourth-order valence-electron chi connectivity index (χ4n) is 2.13. The molecule has 0 amide bonds. The van der Waals surface area contributed by atoms with Crippen molar-refractivity contribution < 1.29 is 5.11 Å². The Kier molecular flexibility index (Phi) is 7.54. The molecule has 1 aromatic heterocycles. The third-order valence-corrected chi connectivity index (χ3v) is 4.38. The highest BCUT2D eigenvalue weighted by molar-refractivity contribution is 7.12. The Morgan fingerprint density at radius 2 is 1.65 bits per heavy atom. The van der Waals surface area contributed by atoms with Crippen LogP contribution in [-0.2, 0) is 19.4 Å². The van der Waals surface area contributed by atoms with Gasteiger partial charge in [-0.15, -0.1) is 11.3 Å². The predicted octanol–water partition coefficient (Wildman–Crippen LogP) is 4.71. The van der Waals surface area contributed by atoms with Gasteiger partial charge in [0.15, 0.2) is 0 Å². The number of rotatable bonds is 9. The van der Waals surface area contributed by atoms with E-state index in [1.165, 1.54) is 61.8 Å². The van der Waals surface area contributed by atoms with Crippen LogP contribution in [0.3, 0.4) is 0 Å². The van der Waals surface area contributed by atoms with Crippen LogP contribution in [-0.4, -0.2) is 5.11 Å². The van der Waals surface area contributed by atoms with Gasteiger partial charge >= 0.3 is 0 Å². The third-order valence-electron chi connectivity index (χ3n) is 3.16. The van der Waals surface area contributed by atoms with E-state index in [0.717, 1.165) is 4.88 Å². The van der Waals surface area contributed by atoms with Gasteiger partial charge in [0.1, 0.15) is 0 Å². The Morgan fingerprint density at radius 3 is 2.24 bits per heavy atom. The summed E-state index contributed by atoms with van der Waals surface area (Å²) in [7, 11) is 0. The van der Waals surface area contributed by atoms with Crippen molar-refractivity contribution in [2.75, 3.05) is 0 Å². The molecule has 0 atom stereocenters. The van der Waals surface area contributed by atoms with E-state index in [1.807, 2.05) is 11.3 Å². The molecule has 0 aromatic carbocycles. The second kappa shape index (κ2) is 8.71. The summed E-state index contributed by atoms with van der Waals surface area (Å²) in [5.41, 5.74) is 1.50. The number of unbranched alkanes of at least 4 members (excludes halogenated alkanes) is 4. The average molecular weight is 254 g/mol. The lowest BCUT2D eigenvalue weighted by Crippen LogP contribution is -1.90. The first-order valence-electron chi connectivity index (χ1n) is 7.03. The van der Waals surface area contributed by atoms with Gasteiger partial charge < -0.3 is 5.11 Å². The number of hydrogen-bond donors (Lipinski definition) is 1. The summed E-state index contributed by atoms with van der Waals surface area (Å²) in [6.07, 6.45) is 10.2. The number of thiophene rings is 1. The summed E-state index contributed by atoms with van der Waals surface area (Å²) in [5.74, 6) is 0. The first-order chi connectivity index (χ1) is 8.31. The van der Waals surface area contributed by atoms with E-state index in [1.54, 1.807) is 0 Å². The molecule has 1 aromatic rings. The second-order valence-electron chi connectivity index (χ2n) is 4.73. The fourth-order valence-corrected chi connectivity index (χ4v) is 3.25. The molecule has 1 N–H and O–H groups in total. The van der Waals surface area contributed by atoms with Crippen LogP contribution in [0.25, 0.3) is 0 Å². The number of aryl methyl sites for hydroxylation is 2. The van der Waals surface area contributed by atoms with Crippen molar-refractivity contribution >= 4 is 11.3 Å². The number of aliphatic hydroxyl groups excluding tert-OH is 1. The third kappa shape index (κ3) is 5.22. The molecule has 17 heavy (non-hydrogen) atoms. The molecule has 2 heteroatoms. The summed E-state index contributed by atoms with van der Waals surface area (Å²) in [5, 5.41) is 9.23. The second-order valence-corrected chi connectivity index (χ2v) is 5.95. The first kappa shape index (κ1) is 14.7. The normalized spacial score (nSPS) is 11.0. The van der Waals surface area contributed by atoms with Crippen LogP contribution in [0.4, 0.5) is 0 Å². The lowest BCUT2D eigenvalue weighted by Gasteiger charge is -2.03. The molecule has 0 radical (unpaired) electrons. The largest absolute Gasteiger partial charge is 0.391 e. The zero-order valence-corrected chi connectivity index (χ0v) is 12.1. The lowest BCUT2D eigenvalue weighted by atomic mass is 10.0. The van der Waals surface area contributed by atoms with Gasteiger partial charge in [0.25, 0.3) is 0 Å². The molecule has 1 heterocycles.